The number of hydrogen-bond acceptors (Lipinski definition) is 0. The first-order chi connectivity index (χ1) is 5.16. The van der Waals surface area contributed by atoms with Crippen LogP contribution in [0.5, 0.6) is 0 Å². The third-order valence-corrected chi connectivity index (χ3v) is 56.5. The standard InChI is InChI=1S/2C5H5.Fe.Li.H/c2*1-2-4-5-3-1;;;/h2*1-5H;;;. The Kier molecular flexibility index (Phi) is 0.0930. The summed E-state index contributed by atoms with van der Waals surface area (Å²) in [7, 11) is 0. The van der Waals surface area contributed by atoms with Gasteiger partial charge in [-0.2, -0.15) is 0 Å². The van der Waals surface area contributed by atoms with Crippen LogP contribution in [0.3, 0.4) is 0 Å². The van der Waals surface area contributed by atoms with Crippen LogP contribution in [0.4, 0.5) is 0 Å². The van der Waals surface area contributed by atoms with Gasteiger partial charge in [0.15, 0.2) is 0 Å². The zero-order chi connectivity index (χ0) is 6.09. The van der Waals surface area contributed by atoms with Crippen LogP contribution in [-0.2, 0) is 6.51 Å². The fourth-order valence-electron chi connectivity index (χ4n) is 15.8. The van der Waals surface area contributed by atoms with Gasteiger partial charge in [-0.15, -0.1) is 0 Å². The van der Waals surface area contributed by atoms with Crippen molar-refractivity contribution < 1.29 is 6.51 Å². The molecule has 10 aliphatic rings. The summed E-state index contributed by atoms with van der Waals surface area (Å²) in [4.78, 5) is 15.9. The van der Waals surface area contributed by atoms with Crippen LogP contribution < -0.4 is 0 Å². The van der Waals surface area contributed by atoms with E-state index in [0.29, 0.717) is 0 Å². The molecule has 0 aromatic heterocycles. The van der Waals surface area contributed by atoms with E-state index in [2.05, 4.69) is 0 Å². The van der Waals surface area contributed by atoms with E-state index in [1.54, 1.807) is 48.2 Å². The summed E-state index contributed by atoms with van der Waals surface area (Å²) in [6.07, 6.45) is 0. The van der Waals surface area contributed by atoms with Crippen LogP contribution >= 0.6 is 0 Å². The molecule has 10 saturated heterocycles. The second-order valence-corrected chi connectivity index (χ2v) is 33.5. The first-order valence-corrected chi connectivity index (χ1v) is 11.7. The SMILES string of the molecule is [CH]12[CH]3[CH]4[CH]5[CH]1[Fe]23451678[CH]2[CH]1[CH]6[CH]7[CH]28.[LiH]. The molecule has 0 unspecified atom stereocenters. The third-order valence-electron chi connectivity index (χ3n) is 14.5. The van der Waals surface area contributed by atoms with Crippen molar-refractivity contribution in [1.82, 2.24) is 0 Å². The van der Waals surface area contributed by atoms with Crippen molar-refractivity contribution in [1.29, 1.82) is 0 Å². The molecule has 10 fully saturated rings. The Morgan fingerprint density at radius 3 is 0.583 bits per heavy atom. The number of hydrogen-bond donors (Lipinski definition) is 0. The molecule has 60 valence electrons. The van der Waals surface area contributed by atoms with Gasteiger partial charge < -0.3 is 0 Å². The van der Waals surface area contributed by atoms with Gasteiger partial charge in [0.25, 0.3) is 0 Å². The van der Waals surface area contributed by atoms with Crippen LogP contribution in [0.1, 0.15) is 0 Å². The fraction of sp³-hybridized carbons (Fsp3) is 1.00. The summed E-state index contributed by atoms with van der Waals surface area (Å²) in [5.41, 5.74) is 0. The van der Waals surface area contributed by atoms with Crippen LogP contribution in [0.15, 0.2) is 0 Å². The predicted octanol–water partition coefficient (Wildman–Crippen LogP) is 2.73. The average molecular weight is 194 g/mol. The number of rotatable bonds is 0. The average Bonchev–Trinajstić information content (AvgIpc) is 3.01. The Morgan fingerprint density at radius 2 is 0.583 bits per heavy atom. The van der Waals surface area contributed by atoms with Gasteiger partial charge >= 0.3 is 73.5 Å². The Hall–Kier alpha value is 1.12. The summed E-state index contributed by atoms with van der Waals surface area (Å²) < 4.78 is 0. The zero-order valence-corrected chi connectivity index (χ0v) is 7.23. The minimum absolute atomic E-state index is 0. The van der Waals surface area contributed by atoms with Crippen LogP contribution in [0.2, 0.25) is 48.2 Å². The molecule has 0 amide bonds. The van der Waals surface area contributed by atoms with Crippen LogP contribution in [-0.4, -0.2) is 18.9 Å². The quantitative estimate of drug-likeness (QED) is 0.520. The molecular weight excluding hydrogens is 183 g/mol. The molecule has 0 aromatic carbocycles. The van der Waals surface area contributed by atoms with E-state index in [1.165, 1.54) is 0 Å². The van der Waals surface area contributed by atoms with Gasteiger partial charge in [0.05, 0.1) is 0 Å². The molecule has 0 saturated carbocycles. The van der Waals surface area contributed by atoms with Crippen molar-refractivity contribution in [2.24, 2.45) is 0 Å². The molecule has 0 bridgehead atoms. The molecule has 2 heteroatoms. The summed E-state index contributed by atoms with van der Waals surface area (Å²) in [5.74, 6) is 0. The van der Waals surface area contributed by atoms with Crippen molar-refractivity contribution in [3.05, 3.63) is 0 Å². The topological polar surface area (TPSA) is 0 Å². The van der Waals surface area contributed by atoms with Crippen molar-refractivity contribution in [2.75, 3.05) is 0 Å². The Morgan fingerprint density at radius 1 is 0.417 bits per heavy atom. The molecule has 0 nitrogen and oxygen atoms in total. The van der Waals surface area contributed by atoms with Gasteiger partial charge in [0.1, 0.15) is 0 Å². The van der Waals surface area contributed by atoms with Gasteiger partial charge in [-0.05, 0) is 0 Å². The minimum atomic E-state index is -2.28. The summed E-state index contributed by atoms with van der Waals surface area (Å²) in [6.45, 7) is -2.28. The van der Waals surface area contributed by atoms with Crippen molar-refractivity contribution in [2.45, 2.75) is 48.2 Å². The van der Waals surface area contributed by atoms with Gasteiger partial charge in [-0.3, -0.25) is 0 Å². The monoisotopic (exact) mass is 194 g/mol. The third kappa shape index (κ3) is 0.0281. The Bertz CT molecular complexity index is 577. The first-order valence-electron chi connectivity index (χ1n) is 5.37. The summed E-state index contributed by atoms with van der Waals surface area (Å²) >= 11 is 0. The molecule has 1 spiro atoms. The van der Waals surface area contributed by atoms with E-state index in [4.69, 9.17) is 0 Å². The van der Waals surface area contributed by atoms with E-state index < -0.39 is 6.51 Å². The first kappa shape index (κ1) is 4.32. The molecule has 0 aliphatic carbocycles. The van der Waals surface area contributed by atoms with Gasteiger partial charge in [-0.25, -0.2) is 0 Å². The summed E-state index contributed by atoms with van der Waals surface area (Å²) in [5, 5.41) is 0. The van der Waals surface area contributed by atoms with Crippen LogP contribution in [0, 0.1) is 0 Å². The van der Waals surface area contributed by atoms with Crippen molar-refractivity contribution in [3.8, 4) is 0 Å². The fourth-order valence-corrected chi connectivity index (χ4v) is 88.0. The van der Waals surface area contributed by atoms with Gasteiger partial charge in [0, 0.05) is 0 Å². The molecule has 0 aromatic rings. The van der Waals surface area contributed by atoms with E-state index in [1.807, 2.05) is 0 Å². The molecule has 0 N–H and O–H groups in total. The van der Waals surface area contributed by atoms with Crippen LogP contribution in [0.25, 0.3) is 0 Å². The van der Waals surface area contributed by atoms with E-state index in [9.17, 15) is 0 Å². The zero-order valence-electron chi connectivity index (χ0n) is 6.13. The van der Waals surface area contributed by atoms with Crippen molar-refractivity contribution >= 4 is 18.9 Å². The predicted molar refractivity (Wildman–Crippen MR) is 44.6 cm³/mol. The summed E-state index contributed by atoms with van der Waals surface area (Å²) in [6, 6.07) is 0. The van der Waals surface area contributed by atoms with Gasteiger partial charge in [-0.1, -0.05) is 0 Å². The maximum atomic E-state index is 1.59. The Balaban J connectivity index is 0.000000400. The van der Waals surface area contributed by atoms with E-state index in [-0.39, 0.29) is 18.9 Å². The number of fused-ring (bicyclic) bond motifs is 10. The molecule has 10 aliphatic heterocycles. The molecule has 12 heavy (non-hydrogen) atoms. The molecule has 0 radical (unpaired) electrons. The molecule has 10 rings (SSSR count). The second-order valence-electron chi connectivity index (χ2n) is 9.58. The van der Waals surface area contributed by atoms with Crippen molar-refractivity contribution in [3.63, 3.8) is 0 Å². The maximum absolute atomic E-state index is 2.28. The molecular formula is C10H11FeLi. The van der Waals surface area contributed by atoms with E-state index >= 15 is 0 Å². The van der Waals surface area contributed by atoms with E-state index in [0.717, 1.165) is 0 Å². The Labute approximate surface area is 73.3 Å². The molecule has 10 heterocycles. The van der Waals surface area contributed by atoms with Gasteiger partial charge in [0.2, 0.25) is 0 Å². The molecule has 0 atom stereocenters. The second kappa shape index (κ2) is 0.258. The normalized spacial score (nSPS) is 157.